The quantitative estimate of drug-likeness (QED) is 0.452. The van der Waals surface area contributed by atoms with Gasteiger partial charge >= 0.3 is 5.97 Å². The SMILES string of the molecule is COc1ccc(C(OCC2CC2C(=O)O)(c2ccc(OC)cc2)c2ccc(OC)cc2)cc1. The highest BCUT2D eigenvalue weighted by molar-refractivity contribution is 5.73. The van der Waals surface area contributed by atoms with E-state index < -0.39 is 11.6 Å². The van der Waals surface area contributed by atoms with Gasteiger partial charge in [-0.3, -0.25) is 4.79 Å². The fourth-order valence-corrected chi connectivity index (χ4v) is 4.19. The zero-order valence-corrected chi connectivity index (χ0v) is 19.0. The minimum absolute atomic E-state index is 0.0170. The Balaban J connectivity index is 1.85. The van der Waals surface area contributed by atoms with Gasteiger partial charge in [-0.25, -0.2) is 0 Å². The van der Waals surface area contributed by atoms with Gasteiger partial charge in [0.05, 0.1) is 33.9 Å². The van der Waals surface area contributed by atoms with Crippen molar-refractivity contribution in [3.05, 3.63) is 89.5 Å². The number of carbonyl (C=O) groups is 1. The van der Waals surface area contributed by atoms with Crippen LogP contribution in [0.4, 0.5) is 0 Å². The lowest BCUT2D eigenvalue weighted by atomic mass is 9.80. The van der Waals surface area contributed by atoms with Crippen LogP contribution in [0.15, 0.2) is 72.8 Å². The largest absolute Gasteiger partial charge is 0.497 e. The standard InChI is InChI=1S/C27H28O6/c1-30-22-10-4-19(5-11-22)27(20-6-12-23(31-2)13-7-20,21-8-14-24(32-3)15-9-21)33-17-18-16-25(18)26(28)29/h4-15,18,25H,16-17H2,1-3H3,(H,28,29). The third kappa shape index (κ3) is 4.52. The number of ether oxygens (including phenoxy) is 4. The Kier molecular flexibility index (Phi) is 6.56. The number of hydrogen-bond acceptors (Lipinski definition) is 5. The summed E-state index contributed by atoms with van der Waals surface area (Å²) in [6, 6.07) is 23.3. The first-order valence-corrected chi connectivity index (χ1v) is 10.8. The molecule has 0 aliphatic heterocycles. The fourth-order valence-electron chi connectivity index (χ4n) is 4.19. The molecule has 0 radical (unpaired) electrons. The third-order valence-corrected chi connectivity index (χ3v) is 6.24. The molecule has 0 aromatic heterocycles. The second-order valence-corrected chi connectivity index (χ2v) is 8.12. The van der Waals surface area contributed by atoms with Crippen LogP contribution in [-0.2, 0) is 15.1 Å². The summed E-state index contributed by atoms with van der Waals surface area (Å²) in [7, 11) is 4.89. The molecular weight excluding hydrogens is 420 g/mol. The monoisotopic (exact) mass is 448 g/mol. The van der Waals surface area contributed by atoms with E-state index in [4.69, 9.17) is 18.9 Å². The predicted molar refractivity (Wildman–Crippen MR) is 124 cm³/mol. The van der Waals surface area contributed by atoms with Crippen molar-refractivity contribution in [2.45, 2.75) is 12.0 Å². The van der Waals surface area contributed by atoms with Crippen molar-refractivity contribution in [2.75, 3.05) is 27.9 Å². The van der Waals surface area contributed by atoms with E-state index in [2.05, 4.69) is 0 Å². The average Bonchev–Trinajstić information content (AvgIpc) is 3.66. The second-order valence-electron chi connectivity index (χ2n) is 8.12. The molecule has 2 unspecified atom stereocenters. The van der Waals surface area contributed by atoms with Gasteiger partial charge in [0.1, 0.15) is 22.8 Å². The van der Waals surface area contributed by atoms with Gasteiger partial charge in [-0.05, 0) is 65.4 Å². The zero-order chi connectivity index (χ0) is 23.4. The van der Waals surface area contributed by atoms with Crippen molar-refractivity contribution in [3.8, 4) is 17.2 Å². The Morgan fingerprint density at radius 2 is 1.12 bits per heavy atom. The van der Waals surface area contributed by atoms with Crippen LogP contribution < -0.4 is 14.2 Å². The third-order valence-electron chi connectivity index (χ3n) is 6.24. The maximum atomic E-state index is 11.4. The lowest BCUT2D eigenvalue weighted by Gasteiger charge is -2.36. The van der Waals surface area contributed by atoms with Crippen molar-refractivity contribution in [1.82, 2.24) is 0 Å². The van der Waals surface area contributed by atoms with E-state index in [-0.39, 0.29) is 11.8 Å². The highest BCUT2D eigenvalue weighted by atomic mass is 16.5. The molecule has 6 heteroatoms. The molecule has 4 rings (SSSR count). The van der Waals surface area contributed by atoms with E-state index in [0.717, 1.165) is 33.9 Å². The molecule has 0 bridgehead atoms. The maximum absolute atomic E-state index is 11.4. The van der Waals surface area contributed by atoms with E-state index in [1.54, 1.807) is 21.3 Å². The van der Waals surface area contributed by atoms with Crippen LogP contribution in [-0.4, -0.2) is 39.0 Å². The molecule has 0 spiro atoms. The first-order valence-electron chi connectivity index (χ1n) is 10.8. The van der Waals surface area contributed by atoms with Gasteiger partial charge in [0, 0.05) is 0 Å². The minimum atomic E-state index is -0.962. The van der Waals surface area contributed by atoms with Crippen molar-refractivity contribution in [1.29, 1.82) is 0 Å². The first-order chi connectivity index (χ1) is 16.0. The van der Waals surface area contributed by atoms with Gasteiger partial charge in [-0.1, -0.05) is 36.4 Å². The molecule has 1 fully saturated rings. The molecule has 6 nitrogen and oxygen atoms in total. The lowest BCUT2D eigenvalue weighted by Crippen LogP contribution is -2.34. The van der Waals surface area contributed by atoms with E-state index in [1.165, 1.54) is 0 Å². The van der Waals surface area contributed by atoms with Gasteiger partial charge in [-0.15, -0.1) is 0 Å². The summed E-state index contributed by atoms with van der Waals surface area (Å²) in [5, 5.41) is 9.38. The van der Waals surface area contributed by atoms with Gasteiger partial charge in [0.15, 0.2) is 0 Å². The van der Waals surface area contributed by atoms with E-state index in [9.17, 15) is 9.90 Å². The maximum Gasteiger partial charge on any atom is 0.306 e. The van der Waals surface area contributed by atoms with Crippen molar-refractivity contribution in [2.24, 2.45) is 11.8 Å². The fraction of sp³-hybridized carbons (Fsp3) is 0.296. The first kappa shape index (κ1) is 22.7. The Morgan fingerprint density at radius 3 is 1.39 bits per heavy atom. The summed E-state index contributed by atoms with van der Waals surface area (Å²) in [4.78, 5) is 11.4. The number of benzene rings is 3. The molecule has 3 aromatic rings. The molecule has 1 N–H and O–H groups in total. The minimum Gasteiger partial charge on any atom is -0.497 e. The van der Waals surface area contributed by atoms with Crippen molar-refractivity contribution in [3.63, 3.8) is 0 Å². The number of hydrogen-bond donors (Lipinski definition) is 1. The van der Waals surface area contributed by atoms with E-state index in [1.807, 2.05) is 72.8 Å². The van der Waals surface area contributed by atoms with Gasteiger partial charge < -0.3 is 24.1 Å². The number of methoxy groups -OCH3 is 3. The van der Waals surface area contributed by atoms with Crippen molar-refractivity contribution < 1.29 is 28.8 Å². The molecule has 0 amide bonds. The molecule has 1 saturated carbocycles. The number of carboxylic acid groups (broad SMARTS) is 1. The zero-order valence-electron chi connectivity index (χ0n) is 19.0. The number of aliphatic carboxylic acids is 1. The summed E-state index contributed by atoms with van der Waals surface area (Å²) in [5.74, 6) is 1.08. The smallest absolute Gasteiger partial charge is 0.306 e. The Morgan fingerprint density at radius 1 is 0.758 bits per heavy atom. The summed E-state index contributed by atoms with van der Waals surface area (Å²) < 4.78 is 22.8. The second kappa shape index (κ2) is 9.55. The summed E-state index contributed by atoms with van der Waals surface area (Å²) >= 11 is 0. The molecule has 2 atom stereocenters. The van der Waals surface area contributed by atoms with Crippen LogP contribution in [0.3, 0.4) is 0 Å². The molecule has 3 aromatic carbocycles. The van der Waals surface area contributed by atoms with Crippen LogP contribution in [0.1, 0.15) is 23.1 Å². The number of rotatable bonds is 10. The lowest BCUT2D eigenvalue weighted by molar-refractivity contribution is -0.139. The summed E-state index contributed by atoms with van der Waals surface area (Å²) in [6.45, 7) is 0.320. The molecule has 1 aliphatic rings. The van der Waals surface area contributed by atoms with Crippen LogP contribution in [0, 0.1) is 11.8 Å². The normalized spacial score (nSPS) is 17.3. The van der Waals surface area contributed by atoms with E-state index >= 15 is 0 Å². The van der Waals surface area contributed by atoms with Gasteiger partial charge in [-0.2, -0.15) is 0 Å². The van der Waals surface area contributed by atoms with Gasteiger partial charge in [0.25, 0.3) is 0 Å². The molecule has 1 aliphatic carbocycles. The molecule has 0 saturated heterocycles. The molecule has 0 heterocycles. The van der Waals surface area contributed by atoms with Crippen LogP contribution in [0.5, 0.6) is 17.2 Å². The topological polar surface area (TPSA) is 74.2 Å². The summed E-state index contributed by atoms with van der Waals surface area (Å²) in [6.07, 6.45) is 0.624. The summed E-state index contributed by atoms with van der Waals surface area (Å²) in [5.41, 5.74) is 1.76. The molecule has 172 valence electrons. The average molecular weight is 449 g/mol. The van der Waals surface area contributed by atoms with Gasteiger partial charge in [0.2, 0.25) is 0 Å². The Hall–Kier alpha value is -3.51. The Bertz CT molecular complexity index is 957. The van der Waals surface area contributed by atoms with Crippen LogP contribution in [0.25, 0.3) is 0 Å². The van der Waals surface area contributed by atoms with Crippen LogP contribution >= 0.6 is 0 Å². The molecular formula is C27H28O6. The highest BCUT2D eigenvalue weighted by Crippen LogP contribution is 2.46. The predicted octanol–water partition coefficient (Wildman–Crippen LogP) is 4.74. The van der Waals surface area contributed by atoms with E-state index in [0.29, 0.717) is 13.0 Å². The number of carboxylic acids is 1. The highest BCUT2D eigenvalue weighted by Gasteiger charge is 2.46. The van der Waals surface area contributed by atoms with Crippen LogP contribution in [0.2, 0.25) is 0 Å². The van der Waals surface area contributed by atoms with Crippen molar-refractivity contribution >= 4 is 5.97 Å². The molecule has 33 heavy (non-hydrogen) atoms. The Labute approximate surface area is 193 Å².